The molecule has 0 aliphatic carbocycles. The molecule has 66 valence electrons. The molecule has 1 aliphatic rings. The highest BCUT2D eigenvalue weighted by Crippen LogP contribution is 2.26. The molecule has 2 heterocycles. The van der Waals surface area contributed by atoms with Crippen LogP contribution in [-0.4, -0.2) is 30.0 Å². The molecule has 0 aromatic carbocycles. The van der Waals surface area contributed by atoms with Gasteiger partial charge in [-0.2, -0.15) is 0 Å². The summed E-state index contributed by atoms with van der Waals surface area (Å²) in [5.74, 6) is 0.799. The first kappa shape index (κ1) is 7.87. The van der Waals surface area contributed by atoms with Gasteiger partial charge < -0.3 is 9.88 Å². The summed E-state index contributed by atoms with van der Waals surface area (Å²) in [4.78, 5) is 5.53. The predicted molar refractivity (Wildman–Crippen MR) is 50.3 cm³/mol. The summed E-state index contributed by atoms with van der Waals surface area (Å²) in [6, 6.07) is 2.20. The molecule has 0 radical (unpaired) electrons. The molecule has 2 rings (SSSR count). The fraction of sp³-hybridized carbons (Fsp3) is 0.600. The molecule has 1 saturated heterocycles. The largest absolute Gasteiger partial charge is 0.367 e. The fourth-order valence-electron chi connectivity index (χ4n) is 1.93. The maximum absolute atomic E-state index is 3.12. The summed E-state index contributed by atoms with van der Waals surface area (Å²) in [6.07, 6.45) is 6.78. The molecule has 1 aromatic heterocycles. The van der Waals surface area contributed by atoms with E-state index in [1.54, 1.807) is 0 Å². The van der Waals surface area contributed by atoms with Gasteiger partial charge >= 0.3 is 0 Å². The lowest BCUT2D eigenvalue weighted by molar-refractivity contribution is 0.255. The molecule has 1 N–H and O–H groups in total. The van der Waals surface area contributed by atoms with Crippen LogP contribution in [0.3, 0.4) is 0 Å². The van der Waals surface area contributed by atoms with Crippen LogP contribution in [0.2, 0.25) is 0 Å². The fourth-order valence-corrected chi connectivity index (χ4v) is 1.93. The van der Waals surface area contributed by atoms with Gasteiger partial charge in [0.2, 0.25) is 0 Å². The Morgan fingerprint density at radius 2 is 2.17 bits per heavy atom. The van der Waals surface area contributed by atoms with E-state index in [4.69, 9.17) is 0 Å². The standard InChI is InChI=1S/C10H16N2/c1-12-6-3-9(4-7-12)10-2-5-11-8-10/h2,5,8-9,11H,3-4,6-7H2,1H3. The van der Waals surface area contributed by atoms with Crippen LogP contribution in [-0.2, 0) is 0 Å². The highest BCUT2D eigenvalue weighted by molar-refractivity contribution is 5.15. The Balaban J connectivity index is 1.99. The number of aromatic nitrogens is 1. The third-order valence-corrected chi connectivity index (χ3v) is 2.81. The third-order valence-electron chi connectivity index (χ3n) is 2.81. The van der Waals surface area contributed by atoms with Gasteiger partial charge in [0.05, 0.1) is 0 Å². The second kappa shape index (κ2) is 3.31. The van der Waals surface area contributed by atoms with Gasteiger partial charge in [-0.05, 0) is 50.5 Å². The predicted octanol–water partition coefficient (Wildman–Crippen LogP) is 1.82. The number of rotatable bonds is 1. The SMILES string of the molecule is CN1CCC(c2cc[nH]c2)CC1. The molecule has 2 nitrogen and oxygen atoms in total. The molecule has 0 bridgehead atoms. The van der Waals surface area contributed by atoms with Gasteiger partial charge in [0.1, 0.15) is 0 Å². The smallest absolute Gasteiger partial charge is 0.00401 e. The van der Waals surface area contributed by atoms with Gasteiger partial charge in [-0.25, -0.2) is 0 Å². The summed E-state index contributed by atoms with van der Waals surface area (Å²) in [5, 5.41) is 0. The molecule has 1 aromatic rings. The van der Waals surface area contributed by atoms with E-state index in [1.165, 1.54) is 31.5 Å². The summed E-state index contributed by atoms with van der Waals surface area (Å²) < 4.78 is 0. The molecule has 2 heteroatoms. The topological polar surface area (TPSA) is 19.0 Å². The third kappa shape index (κ3) is 1.53. The number of aromatic amines is 1. The van der Waals surface area contributed by atoms with Crippen LogP contribution in [0.25, 0.3) is 0 Å². The quantitative estimate of drug-likeness (QED) is 0.671. The van der Waals surface area contributed by atoms with E-state index >= 15 is 0 Å². The normalized spacial score (nSPS) is 21.4. The molecule has 0 atom stereocenters. The van der Waals surface area contributed by atoms with Crippen LogP contribution in [0.4, 0.5) is 0 Å². The van der Waals surface area contributed by atoms with Crippen LogP contribution in [0.1, 0.15) is 24.3 Å². The van der Waals surface area contributed by atoms with E-state index in [0.29, 0.717) is 0 Å². The van der Waals surface area contributed by atoms with E-state index < -0.39 is 0 Å². The van der Waals surface area contributed by atoms with Crippen molar-refractivity contribution in [3.63, 3.8) is 0 Å². The molecule has 0 amide bonds. The molecule has 0 unspecified atom stereocenters. The monoisotopic (exact) mass is 164 g/mol. The number of nitrogens with zero attached hydrogens (tertiary/aromatic N) is 1. The molecule has 1 aliphatic heterocycles. The maximum atomic E-state index is 3.12. The zero-order valence-corrected chi connectivity index (χ0v) is 7.59. The van der Waals surface area contributed by atoms with Crippen LogP contribution in [0.5, 0.6) is 0 Å². The second-order valence-corrected chi connectivity index (χ2v) is 3.72. The average Bonchev–Trinajstić information content (AvgIpc) is 2.58. The number of hydrogen-bond acceptors (Lipinski definition) is 1. The van der Waals surface area contributed by atoms with E-state index in [2.05, 4.69) is 29.2 Å². The number of hydrogen-bond donors (Lipinski definition) is 1. The first-order valence-electron chi connectivity index (χ1n) is 4.67. The zero-order chi connectivity index (χ0) is 8.39. The van der Waals surface area contributed by atoms with Crippen molar-refractivity contribution in [3.8, 4) is 0 Å². The van der Waals surface area contributed by atoms with E-state index in [1.807, 2.05) is 6.20 Å². The minimum atomic E-state index is 0.799. The van der Waals surface area contributed by atoms with Gasteiger partial charge in [0, 0.05) is 12.4 Å². The number of H-pyrrole nitrogens is 1. The number of nitrogens with one attached hydrogen (secondary N) is 1. The average molecular weight is 164 g/mol. The zero-order valence-electron chi connectivity index (χ0n) is 7.59. The summed E-state index contributed by atoms with van der Waals surface area (Å²) in [5.41, 5.74) is 1.49. The van der Waals surface area contributed by atoms with Crippen molar-refractivity contribution in [2.45, 2.75) is 18.8 Å². The van der Waals surface area contributed by atoms with Crippen LogP contribution in [0.15, 0.2) is 18.5 Å². The first-order valence-corrected chi connectivity index (χ1v) is 4.67. The lowest BCUT2D eigenvalue weighted by Gasteiger charge is -2.28. The maximum Gasteiger partial charge on any atom is 0.00401 e. The summed E-state index contributed by atoms with van der Waals surface area (Å²) in [6.45, 7) is 2.49. The summed E-state index contributed by atoms with van der Waals surface area (Å²) in [7, 11) is 2.20. The Bertz CT molecular complexity index is 220. The molecule has 0 spiro atoms. The van der Waals surface area contributed by atoms with Crippen LogP contribution < -0.4 is 0 Å². The molecule has 1 fully saturated rings. The first-order chi connectivity index (χ1) is 5.86. The minimum Gasteiger partial charge on any atom is -0.367 e. The van der Waals surface area contributed by atoms with E-state index in [-0.39, 0.29) is 0 Å². The van der Waals surface area contributed by atoms with E-state index in [0.717, 1.165) is 5.92 Å². The molecular formula is C10H16N2. The van der Waals surface area contributed by atoms with Crippen molar-refractivity contribution in [3.05, 3.63) is 24.0 Å². The molecule has 0 saturated carbocycles. The van der Waals surface area contributed by atoms with Crippen LogP contribution in [0, 0.1) is 0 Å². The Kier molecular flexibility index (Phi) is 2.17. The number of piperidine rings is 1. The summed E-state index contributed by atoms with van der Waals surface area (Å²) >= 11 is 0. The number of likely N-dealkylation sites (tertiary alicyclic amines) is 1. The highest BCUT2D eigenvalue weighted by atomic mass is 15.1. The van der Waals surface area contributed by atoms with E-state index in [9.17, 15) is 0 Å². The Hall–Kier alpha value is -0.760. The minimum absolute atomic E-state index is 0.799. The Labute approximate surface area is 73.6 Å². The van der Waals surface area contributed by atoms with Gasteiger partial charge in [0.15, 0.2) is 0 Å². The molecular weight excluding hydrogens is 148 g/mol. The van der Waals surface area contributed by atoms with Crippen molar-refractivity contribution < 1.29 is 0 Å². The van der Waals surface area contributed by atoms with Gasteiger partial charge in [0.25, 0.3) is 0 Å². The lowest BCUT2D eigenvalue weighted by Crippen LogP contribution is -2.29. The van der Waals surface area contributed by atoms with Crippen molar-refractivity contribution in [1.29, 1.82) is 0 Å². The van der Waals surface area contributed by atoms with Crippen molar-refractivity contribution in [2.75, 3.05) is 20.1 Å². The molecule has 12 heavy (non-hydrogen) atoms. The Morgan fingerprint density at radius 3 is 2.75 bits per heavy atom. The van der Waals surface area contributed by atoms with Crippen LogP contribution >= 0.6 is 0 Å². The van der Waals surface area contributed by atoms with Crippen molar-refractivity contribution in [2.24, 2.45) is 0 Å². The lowest BCUT2D eigenvalue weighted by atomic mass is 9.92. The van der Waals surface area contributed by atoms with Gasteiger partial charge in [-0.15, -0.1) is 0 Å². The van der Waals surface area contributed by atoms with Crippen molar-refractivity contribution in [1.82, 2.24) is 9.88 Å². The van der Waals surface area contributed by atoms with Crippen molar-refractivity contribution >= 4 is 0 Å². The van der Waals surface area contributed by atoms with Gasteiger partial charge in [-0.1, -0.05) is 0 Å². The highest BCUT2D eigenvalue weighted by Gasteiger charge is 2.17. The second-order valence-electron chi connectivity index (χ2n) is 3.72. The Morgan fingerprint density at radius 1 is 1.42 bits per heavy atom. The van der Waals surface area contributed by atoms with Gasteiger partial charge in [-0.3, -0.25) is 0 Å².